The maximum Gasteiger partial charge on any atom is 0.264 e. The molecule has 0 aliphatic heterocycles. The summed E-state index contributed by atoms with van der Waals surface area (Å²) < 4.78 is 39.9. The number of carbonyl (C=O) groups is 2. The number of nitrogens with one attached hydrogen (secondary N) is 1. The van der Waals surface area contributed by atoms with Gasteiger partial charge >= 0.3 is 0 Å². The van der Waals surface area contributed by atoms with E-state index >= 15 is 0 Å². The van der Waals surface area contributed by atoms with Gasteiger partial charge < -0.3 is 19.7 Å². The van der Waals surface area contributed by atoms with Gasteiger partial charge in [-0.15, -0.1) is 0 Å². The number of rotatable bonds is 14. The molecule has 0 aliphatic carbocycles. The quantitative estimate of drug-likeness (QED) is 0.283. The molecule has 42 heavy (non-hydrogen) atoms. The second kappa shape index (κ2) is 14.7. The maximum atomic E-state index is 14.2. The normalized spacial score (nSPS) is 12.6. The minimum Gasteiger partial charge on any atom is -0.497 e. The summed E-state index contributed by atoms with van der Waals surface area (Å²) in [4.78, 5) is 29.1. The zero-order chi connectivity index (χ0) is 30.9. The van der Waals surface area contributed by atoms with Crippen LogP contribution < -0.4 is 19.1 Å². The van der Waals surface area contributed by atoms with Gasteiger partial charge in [-0.25, -0.2) is 8.42 Å². The zero-order valence-electron chi connectivity index (χ0n) is 25.2. The van der Waals surface area contributed by atoms with Crippen molar-refractivity contribution in [2.45, 2.75) is 64.1 Å². The van der Waals surface area contributed by atoms with Crippen molar-refractivity contribution in [2.75, 3.05) is 25.1 Å². The van der Waals surface area contributed by atoms with E-state index < -0.39 is 28.5 Å². The first kappa shape index (κ1) is 32.5. The molecule has 0 saturated carbocycles. The monoisotopic (exact) mass is 595 g/mol. The Kier molecular flexibility index (Phi) is 11.4. The number of hydrogen-bond acceptors (Lipinski definition) is 6. The van der Waals surface area contributed by atoms with Crippen LogP contribution in [0.15, 0.2) is 77.7 Å². The van der Waals surface area contributed by atoms with Crippen molar-refractivity contribution < 1.29 is 27.5 Å². The third-order valence-electron chi connectivity index (χ3n) is 7.14. The minimum atomic E-state index is -4.24. The highest BCUT2D eigenvalue weighted by atomic mass is 32.2. The van der Waals surface area contributed by atoms with Crippen LogP contribution in [0.3, 0.4) is 0 Å². The number of ether oxygens (including phenoxy) is 2. The van der Waals surface area contributed by atoms with Gasteiger partial charge in [0, 0.05) is 12.6 Å². The van der Waals surface area contributed by atoms with Crippen molar-refractivity contribution in [1.82, 2.24) is 10.2 Å². The molecule has 0 unspecified atom stereocenters. The lowest BCUT2D eigenvalue weighted by Crippen LogP contribution is -2.53. The third-order valence-corrected chi connectivity index (χ3v) is 8.91. The molecule has 3 rings (SSSR count). The average Bonchev–Trinajstić information content (AvgIpc) is 3.00. The Bertz CT molecular complexity index is 1440. The van der Waals surface area contributed by atoms with E-state index in [0.717, 1.165) is 21.9 Å². The van der Waals surface area contributed by atoms with Crippen LogP contribution >= 0.6 is 0 Å². The van der Waals surface area contributed by atoms with E-state index in [1.165, 1.54) is 31.3 Å². The molecular weight excluding hydrogens is 554 g/mol. The Hall–Kier alpha value is -4.05. The standard InChI is InChI=1S/C32H41N3O6S/c1-7-24(4)33-32(37)28(8-2)34(21-25-15-13-23(3)14-16-25)31(36)22-35(29-11-9-10-12-30(29)41-6)42(38,39)27-19-17-26(40-5)18-20-27/h9-20,24,28H,7-8,21-22H2,1-6H3,(H,33,37)/t24-,28-/m1/s1. The lowest BCUT2D eigenvalue weighted by molar-refractivity contribution is -0.140. The van der Waals surface area contributed by atoms with E-state index in [2.05, 4.69) is 5.32 Å². The number of sulfonamides is 1. The largest absolute Gasteiger partial charge is 0.497 e. The predicted molar refractivity (Wildman–Crippen MR) is 164 cm³/mol. The van der Waals surface area contributed by atoms with Crippen LogP contribution in [0.25, 0.3) is 0 Å². The molecule has 3 aromatic carbocycles. The van der Waals surface area contributed by atoms with Gasteiger partial charge in [0.05, 0.1) is 24.8 Å². The summed E-state index contributed by atoms with van der Waals surface area (Å²) in [6.45, 7) is 7.26. The number of carbonyl (C=O) groups excluding carboxylic acids is 2. The second-order valence-corrected chi connectivity index (χ2v) is 12.0. The highest BCUT2D eigenvalue weighted by Crippen LogP contribution is 2.33. The highest BCUT2D eigenvalue weighted by molar-refractivity contribution is 7.92. The van der Waals surface area contributed by atoms with Crippen molar-refractivity contribution in [3.63, 3.8) is 0 Å². The van der Waals surface area contributed by atoms with E-state index in [4.69, 9.17) is 9.47 Å². The number of methoxy groups -OCH3 is 2. The molecule has 0 aromatic heterocycles. The number of amides is 2. The van der Waals surface area contributed by atoms with Gasteiger partial charge in [-0.2, -0.15) is 0 Å². The number of anilines is 1. The molecule has 1 N–H and O–H groups in total. The molecule has 0 bridgehead atoms. The van der Waals surface area contributed by atoms with Crippen molar-refractivity contribution in [3.8, 4) is 11.5 Å². The number of benzene rings is 3. The first-order valence-corrected chi connectivity index (χ1v) is 15.4. The van der Waals surface area contributed by atoms with E-state index in [1.54, 1.807) is 36.4 Å². The summed E-state index contributed by atoms with van der Waals surface area (Å²) >= 11 is 0. The number of para-hydroxylation sites is 2. The molecule has 0 aliphatic rings. The Morgan fingerprint density at radius 2 is 1.52 bits per heavy atom. The summed E-state index contributed by atoms with van der Waals surface area (Å²) in [7, 11) is -1.31. The number of aryl methyl sites for hydroxylation is 1. The number of nitrogens with zero attached hydrogens (tertiary/aromatic N) is 2. The van der Waals surface area contributed by atoms with Gasteiger partial charge in [-0.05, 0) is 68.7 Å². The molecule has 0 radical (unpaired) electrons. The Morgan fingerprint density at radius 1 is 0.881 bits per heavy atom. The predicted octanol–water partition coefficient (Wildman–Crippen LogP) is 4.93. The molecule has 0 heterocycles. The SMILES string of the molecule is CC[C@@H](C)NC(=O)[C@@H](CC)N(Cc1ccc(C)cc1)C(=O)CN(c1ccccc1OC)S(=O)(=O)c1ccc(OC)cc1. The van der Waals surface area contributed by atoms with E-state index in [1.807, 2.05) is 52.0 Å². The van der Waals surface area contributed by atoms with Gasteiger partial charge in [-0.3, -0.25) is 13.9 Å². The maximum absolute atomic E-state index is 14.2. The third kappa shape index (κ3) is 7.82. The molecular formula is C32H41N3O6S. The molecule has 226 valence electrons. The first-order valence-electron chi connectivity index (χ1n) is 14.0. The van der Waals surface area contributed by atoms with E-state index in [0.29, 0.717) is 12.2 Å². The second-order valence-electron chi connectivity index (χ2n) is 10.1. The molecule has 2 atom stereocenters. The Morgan fingerprint density at radius 3 is 2.10 bits per heavy atom. The van der Waals surface area contributed by atoms with Gasteiger partial charge in [0.2, 0.25) is 11.8 Å². The van der Waals surface area contributed by atoms with Crippen molar-refractivity contribution in [3.05, 3.63) is 83.9 Å². The lowest BCUT2D eigenvalue weighted by atomic mass is 10.1. The van der Waals surface area contributed by atoms with Crippen molar-refractivity contribution in [2.24, 2.45) is 0 Å². The van der Waals surface area contributed by atoms with Crippen LogP contribution in [-0.2, 0) is 26.2 Å². The summed E-state index contributed by atoms with van der Waals surface area (Å²) in [5, 5.41) is 2.98. The highest BCUT2D eigenvalue weighted by Gasteiger charge is 2.35. The average molecular weight is 596 g/mol. The minimum absolute atomic E-state index is 0.0198. The zero-order valence-corrected chi connectivity index (χ0v) is 26.0. The lowest BCUT2D eigenvalue weighted by Gasteiger charge is -2.34. The summed E-state index contributed by atoms with van der Waals surface area (Å²) in [5.74, 6) is -0.0239. The van der Waals surface area contributed by atoms with Gasteiger partial charge in [0.25, 0.3) is 10.0 Å². The molecule has 0 saturated heterocycles. The van der Waals surface area contributed by atoms with Crippen LogP contribution in [0.5, 0.6) is 11.5 Å². The van der Waals surface area contributed by atoms with Crippen molar-refractivity contribution >= 4 is 27.5 Å². The van der Waals surface area contributed by atoms with E-state index in [9.17, 15) is 18.0 Å². The fourth-order valence-electron chi connectivity index (χ4n) is 4.47. The number of hydrogen-bond donors (Lipinski definition) is 1. The van der Waals surface area contributed by atoms with Gasteiger partial charge in [0.1, 0.15) is 24.1 Å². The van der Waals surface area contributed by atoms with Crippen molar-refractivity contribution in [1.29, 1.82) is 0 Å². The van der Waals surface area contributed by atoms with E-state index in [-0.39, 0.29) is 34.8 Å². The van der Waals surface area contributed by atoms with Crippen LogP contribution in [0.2, 0.25) is 0 Å². The van der Waals surface area contributed by atoms with Gasteiger partial charge in [0.15, 0.2) is 0 Å². The van der Waals surface area contributed by atoms with Gasteiger partial charge in [-0.1, -0.05) is 55.8 Å². The van der Waals surface area contributed by atoms with Crippen LogP contribution in [0.1, 0.15) is 44.7 Å². The Labute approximate surface area is 249 Å². The fraction of sp³-hybridized carbons (Fsp3) is 0.375. The summed E-state index contributed by atoms with van der Waals surface area (Å²) in [5.41, 5.74) is 2.09. The molecule has 3 aromatic rings. The Balaban J connectivity index is 2.09. The first-order chi connectivity index (χ1) is 20.0. The summed E-state index contributed by atoms with van der Waals surface area (Å²) in [6, 6.07) is 19.4. The molecule has 10 heteroatoms. The van der Waals surface area contributed by atoms with Crippen LogP contribution in [-0.4, -0.2) is 58.0 Å². The molecule has 9 nitrogen and oxygen atoms in total. The molecule has 0 fully saturated rings. The molecule has 0 spiro atoms. The fourth-order valence-corrected chi connectivity index (χ4v) is 5.90. The van der Waals surface area contributed by atoms with Crippen LogP contribution in [0.4, 0.5) is 5.69 Å². The molecule has 2 amide bonds. The van der Waals surface area contributed by atoms with Crippen LogP contribution in [0, 0.1) is 6.92 Å². The summed E-state index contributed by atoms with van der Waals surface area (Å²) in [6.07, 6.45) is 1.08. The topological polar surface area (TPSA) is 105 Å². The smallest absolute Gasteiger partial charge is 0.264 e.